The second-order valence-electron chi connectivity index (χ2n) is 4.26. The summed E-state index contributed by atoms with van der Waals surface area (Å²) in [4.78, 5) is 11.6. The van der Waals surface area contributed by atoms with Crippen molar-refractivity contribution in [2.24, 2.45) is 5.10 Å². The zero-order chi connectivity index (χ0) is 14.2. The van der Waals surface area contributed by atoms with Crippen LogP contribution in [0.5, 0.6) is 0 Å². The van der Waals surface area contributed by atoms with Gasteiger partial charge in [-0.2, -0.15) is 5.10 Å². The Morgan fingerprint density at radius 2 is 1.80 bits per heavy atom. The Morgan fingerprint density at radius 3 is 2.55 bits per heavy atom. The van der Waals surface area contributed by atoms with E-state index in [2.05, 4.69) is 10.5 Å². The van der Waals surface area contributed by atoms with Gasteiger partial charge >= 0.3 is 0 Å². The van der Waals surface area contributed by atoms with Crippen molar-refractivity contribution < 1.29 is 9.18 Å². The second kappa shape index (κ2) is 7.19. The van der Waals surface area contributed by atoms with Crippen LogP contribution in [-0.2, 0) is 6.42 Å². The Bertz CT molecular complexity index is 596. The number of hydrogen-bond acceptors (Lipinski definition) is 2. The summed E-state index contributed by atoms with van der Waals surface area (Å²) < 4.78 is 13.3. The Labute approximate surface area is 117 Å². The number of aryl methyl sites for hydroxylation is 1. The van der Waals surface area contributed by atoms with E-state index in [4.69, 9.17) is 0 Å². The number of amides is 1. The van der Waals surface area contributed by atoms with E-state index in [1.807, 2.05) is 30.3 Å². The fourth-order valence-corrected chi connectivity index (χ4v) is 1.75. The van der Waals surface area contributed by atoms with E-state index < -0.39 is 11.7 Å². The molecule has 2 rings (SSSR count). The van der Waals surface area contributed by atoms with E-state index >= 15 is 0 Å². The maximum Gasteiger partial charge on any atom is 0.274 e. The summed E-state index contributed by atoms with van der Waals surface area (Å²) in [7, 11) is 0. The van der Waals surface area contributed by atoms with Gasteiger partial charge in [-0.05, 0) is 30.5 Å². The third kappa shape index (κ3) is 4.02. The van der Waals surface area contributed by atoms with Crippen molar-refractivity contribution in [3.63, 3.8) is 0 Å². The van der Waals surface area contributed by atoms with E-state index in [9.17, 15) is 9.18 Å². The van der Waals surface area contributed by atoms with Gasteiger partial charge in [-0.25, -0.2) is 9.82 Å². The highest BCUT2D eigenvalue weighted by Gasteiger charge is 2.08. The molecule has 20 heavy (non-hydrogen) atoms. The van der Waals surface area contributed by atoms with E-state index in [1.54, 1.807) is 12.3 Å². The number of nitrogens with one attached hydrogen (secondary N) is 1. The first-order chi connectivity index (χ1) is 9.77. The molecule has 2 aromatic rings. The van der Waals surface area contributed by atoms with E-state index in [-0.39, 0.29) is 5.56 Å². The van der Waals surface area contributed by atoms with Gasteiger partial charge in [0.2, 0.25) is 0 Å². The van der Waals surface area contributed by atoms with Crippen LogP contribution in [0.15, 0.2) is 59.7 Å². The summed E-state index contributed by atoms with van der Waals surface area (Å²) in [6.07, 6.45) is 3.17. The Morgan fingerprint density at radius 1 is 1.10 bits per heavy atom. The number of nitrogens with zero attached hydrogens (tertiary/aromatic N) is 1. The molecule has 0 aliphatic rings. The molecule has 0 aliphatic carbocycles. The Balaban J connectivity index is 1.79. The van der Waals surface area contributed by atoms with Gasteiger partial charge in [0.15, 0.2) is 0 Å². The zero-order valence-electron chi connectivity index (χ0n) is 10.9. The molecule has 0 saturated carbocycles. The molecule has 1 N–H and O–H groups in total. The first-order valence-corrected chi connectivity index (χ1v) is 6.37. The van der Waals surface area contributed by atoms with Crippen LogP contribution >= 0.6 is 0 Å². The third-order valence-corrected chi connectivity index (χ3v) is 2.78. The number of carbonyl (C=O) groups excluding carboxylic acids is 1. The van der Waals surface area contributed by atoms with Gasteiger partial charge in [0.1, 0.15) is 5.82 Å². The van der Waals surface area contributed by atoms with Gasteiger partial charge in [-0.1, -0.05) is 42.5 Å². The number of hydrazone groups is 1. The topological polar surface area (TPSA) is 41.5 Å². The lowest BCUT2D eigenvalue weighted by Crippen LogP contribution is -2.18. The van der Waals surface area contributed by atoms with Gasteiger partial charge in [0.25, 0.3) is 5.91 Å². The summed E-state index contributed by atoms with van der Waals surface area (Å²) >= 11 is 0. The van der Waals surface area contributed by atoms with Crippen LogP contribution in [-0.4, -0.2) is 12.1 Å². The minimum absolute atomic E-state index is 0.00675. The minimum atomic E-state index is -0.551. The number of rotatable bonds is 5. The molecule has 0 atom stereocenters. The molecule has 0 fully saturated rings. The van der Waals surface area contributed by atoms with Gasteiger partial charge in [0.05, 0.1) is 5.56 Å². The monoisotopic (exact) mass is 270 g/mol. The van der Waals surface area contributed by atoms with Crippen molar-refractivity contribution in [1.82, 2.24) is 5.43 Å². The second-order valence-corrected chi connectivity index (χ2v) is 4.26. The van der Waals surface area contributed by atoms with Gasteiger partial charge in [-0.15, -0.1) is 0 Å². The maximum atomic E-state index is 13.3. The van der Waals surface area contributed by atoms with Crippen LogP contribution in [0.3, 0.4) is 0 Å². The molecular weight excluding hydrogens is 255 g/mol. The van der Waals surface area contributed by atoms with Crippen LogP contribution in [0.2, 0.25) is 0 Å². The van der Waals surface area contributed by atoms with Crippen LogP contribution in [0, 0.1) is 5.82 Å². The minimum Gasteiger partial charge on any atom is -0.267 e. The molecule has 102 valence electrons. The SMILES string of the molecule is O=C(N/N=C/CCc1ccccc1)c1ccccc1F. The van der Waals surface area contributed by atoms with E-state index in [1.165, 1.54) is 23.8 Å². The molecule has 1 amide bonds. The highest BCUT2D eigenvalue weighted by molar-refractivity contribution is 5.94. The fourth-order valence-electron chi connectivity index (χ4n) is 1.75. The average molecular weight is 270 g/mol. The highest BCUT2D eigenvalue weighted by atomic mass is 19.1. The van der Waals surface area contributed by atoms with Crippen LogP contribution in [0.4, 0.5) is 4.39 Å². The summed E-state index contributed by atoms with van der Waals surface area (Å²) in [6.45, 7) is 0. The van der Waals surface area contributed by atoms with Crippen LogP contribution in [0.1, 0.15) is 22.3 Å². The van der Waals surface area contributed by atoms with Crippen molar-refractivity contribution in [3.05, 3.63) is 71.5 Å². The number of benzene rings is 2. The van der Waals surface area contributed by atoms with Crippen molar-refractivity contribution in [2.75, 3.05) is 0 Å². The molecule has 0 aromatic heterocycles. The first-order valence-electron chi connectivity index (χ1n) is 6.37. The largest absolute Gasteiger partial charge is 0.274 e. The van der Waals surface area contributed by atoms with Gasteiger partial charge < -0.3 is 0 Å². The quantitative estimate of drug-likeness (QED) is 0.658. The van der Waals surface area contributed by atoms with E-state index in [0.29, 0.717) is 6.42 Å². The molecule has 0 saturated heterocycles. The Kier molecular flexibility index (Phi) is 5.00. The van der Waals surface area contributed by atoms with Gasteiger partial charge in [-0.3, -0.25) is 4.79 Å². The van der Waals surface area contributed by atoms with Crippen molar-refractivity contribution in [2.45, 2.75) is 12.8 Å². The van der Waals surface area contributed by atoms with Crippen LogP contribution in [0.25, 0.3) is 0 Å². The lowest BCUT2D eigenvalue weighted by atomic mass is 10.1. The van der Waals surface area contributed by atoms with Gasteiger partial charge in [0, 0.05) is 6.21 Å². The summed E-state index contributed by atoms with van der Waals surface area (Å²) in [5, 5.41) is 3.81. The fraction of sp³-hybridized carbons (Fsp3) is 0.125. The predicted molar refractivity (Wildman–Crippen MR) is 77.1 cm³/mol. The first kappa shape index (κ1) is 13.9. The van der Waals surface area contributed by atoms with Crippen molar-refractivity contribution in [1.29, 1.82) is 0 Å². The number of halogens is 1. The molecule has 0 aliphatic heterocycles. The Hall–Kier alpha value is -2.49. The average Bonchev–Trinajstić information content (AvgIpc) is 2.48. The molecule has 2 aromatic carbocycles. The summed E-state index contributed by atoms with van der Waals surface area (Å²) in [5.74, 6) is -1.09. The van der Waals surface area contributed by atoms with Crippen molar-refractivity contribution >= 4 is 12.1 Å². The molecule has 0 unspecified atom stereocenters. The van der Waals surface area contributed by atoms with Crippen LogP contribution < -0.4 is 5.43 Å². The molecule has 3 nitrogen and oxygen atoms in total. The molecule has 0 bridgehead atoms. The molecule has 0 radical (unpaired) electrons. The highest BCUT2D eigenvalue weighted by Crippen LogP contribution is 2.05. The molecule has 4 heteroatoms. The van der Waals surface area contributed by atoms with Crippen molar-refractivity contribution in [3.8, 4) is 0 Å². The third-order valence-electron chi connectivity index (χ3n) is 2.78. The number of carbonyl (C=O) groups is 1. The molecular formula is C16H15FN2O. The molecule has 0 heterocycles. The molecule has 0 spiro atoms. The zero-order valence-corrected chi connectivity index (χ0v) is 10.9. The summed E-state index contributed by atoms with van der Waals surface area (Å²) in [6, 6.07) is 15.8. The summed E-state index contributed by atoms with van der Waals surface area (Å²) in [5.41, 5.74) is 3.52. The number of hydrogen-bond donors (Lipinski definition) is 1. The standard InChI is InChI=1S/C16H15FN2O/c17-15-11-5-4-10-14(15)16(20)19-18-12-6-9-13-7-2-1-3-8-13/h1-5,7-8,10-12H,6,9H2,(H,19,20)/b18-12+. The maximum absolute atomic E-state index is 13.3. The lowest BCUT2D eigenvalue weighted by Gasteiger charge is -2.00. The predicted octanol–water partition coefficient (Wildman–Crippen LogP) is 3.17. The normalized spacial score (nSPS) is 10.7. The lowest BCUT2D eigenvalue weighted by molar-refractivity contribution is 0.0951. The van der Waals surface area contributed by atoms with E-state index in [0.717, 1.165) is 6.42 Å². The smallest absolute Gasteiger partial charge is 0.267 e.